The zero-order valence-electron chi connectivity index (χ0n) is 13.0. The Hall–Kier alpha value is -1.69. The van der Waals surface area contributed by atoms with E-state index in [0.29, 0.717) is 40.2 Å². The highest BCUT2D eigenvalue weighted by Gasteiger charge is 2.26. The second-order valence-corrected chi connectivity index (χ2v) is 6.53. The van der Waals surface area contributed by atoms with Gasteiger partial charge in [0.05, 0.1) is 28.7 Å². The maximum atomic E-state index is 12.6. The molecule has 128 valence electrons. The van der Waals surface area contributed by atoms with Gasteiger partial charge in [-0.2, -0.15) is 0 Å². The Morgan fingerprint density at radius 1 is 1.33 bits per heavy atom. The van der Waals surface area contributed by atoms with Crippen LogP contribution in [0.1, 0.15) is 29.0 Å². The zero-order chi connectivity index (χ0) is 17.1. The molecule has 1 aromatic carbocycles. The number of piperidine rings is 1. The van der Waals surface area contributed by atoms with Crippen LogP contribution >= 0.6 is 23.2 Å². The maximum absolute atomic E-state index is 12.6. The fourth-order valence-corrected chi connectivity index (χ4v) is 3.03. The van der Waals surface area contributed by atoms with E-state index in [1.807, 2.05) is 0 Å². The number of carbonyl (C=O) groups excluding carboxylic acids is 1. The van der Waals surface area contributed by atoms with E-state index in [9.17, 15) is 4.79 Å². The van der Waals surface area contributed by atoms with Crippen molar-refractivity contribution in [1.82, 2.24) is 4.90 Å². The van der Waals surface area contributed by atoms with Crippen LogP contribution in [0.2, 0.25) is 10.0 Å². The quantitative estimate of drug-likeness (QED) is 0.892. The molecule has 1 amide bonds. The Kier molecular flexibility index (Phi) is 5.33. The molecular weight excluding hydrogens is 351 g/mol. The minimum atomic E-state index is -0.0826. The molecule has 0 spiro atoms. The van der Waals surface area contributed by atoms with Crippen molar-refractivity contribution in [3.05, 3.63) is 51.9 Å². The molecule has 1 atom stereocenters. The van der Waals surface area contributed by atoms with E-state index >= 15 is 0 Å². The molecule has 1 aliphatic rings. The molecule has 1 saturated heterocycles. The predicted octanol–water partition coefficient (Wildman–Crippen LogP) is 3.73. The third-order valence-electron chi connectivity index (χ3n) is 3.96. The topological polar surface area (TPSA) is 68.7 Å². The van der Waals surface area contributed by atoms with Gasteiger partial charge in [-0.1, -0.05) is 23.2 Å². The molecule has 3 rings (SSSR count). The van der Waals surface area contributed by atoms with E-state index in [-0.39, 0.29) is 18.6 Å². The Balaban J connectivity index is 1.65. The SMILES string of the molecule is NCc1cc(C(=O)N2CCCC(Oc3ccc(Cl)c(Cl)c3)C2)co1. The van der Waals surface area contributed by atoms with Crippen LogP contribution in [0.25, 0.3) is 0 Å². The van der Waals surface area contributed by atoms with Gasteiger partial charge >= 0.3 is 0 Å². The lowest BCUT2D eigenvalue weighted by Crippen LogP contribution is -2.44. The highest BCUT2D eigenvalue weighted by atomic mass is 35.5. The molecule has 0 aliphatic carbocycles. The van der Waals surface area contributed by atoms with Gasteiger partial charge in [-0.15, -0.1) is 0 Å². The number of nitrogens with two attached hydrogens (primary N) is 1. The highest BCUT2D eigenvalue weighted by molar-refractivity contribution is 6.42. The number of amides is 1. The molecule has 2 aromatic rings. The first-order valence-corrected chi connectivity index (χ1v) is 8.51. The van der Waals surface area contributed by atoms with Crippen molar-refractivity contribution in [2.75, 3.05) is 13.1 Å². The molecule has 2 heterocycles. The van der Waals surface area contributed by atoms with Crippen LogP contribution in [0.15, 0.2) is 34.9 Å². The normalized spacial score (nSPS) is 17.8. The van der Waals surface area contributed by atoms with Gasteiger partial charge in [0, 0.05) is 12.6 Å². The summed E-state index contributed by atoms with van der Waals surface area (Å²) in [5, 5.41) is 0.936. The number of carbonyl (C=O) groups is 1. The molecule has 7 heteroatoms. The molecular formula is C17H18Cl2N2O3. The number of rotatable bonds is 4. The maximum Gasteiger partial charge on any atom is 0.257 e. The number of hydrogen-bond donors (Lipinski definition) is 1. The molecule has 1 fully saturated rings. The van der Waals surface area contributed by atoms with E-state index in [0.717, 1.165) is 12.8 Å². The number of likely N-dealkylation sites (tertiary alicyclic amines) is 1. The third-order valence-corrected chi connectivity index (χ3v) is 4.70. The second kappa shape index (κ2) is 7.47. The molecule has 1 aromatic heterocycles. The van der Waals surface area contributed by atoms with Gasteiger partial charge in [-0.05, 0) is 31.0 Å². The van der Waals surface area contributed by atoms with Crippen LogP contribution in [-0.4, -0.2) is 30.0 Å². The molecule has 1 aliphatic heterocycles. The van der Waals surface area contributed by atoms with Gasteiger partial charge in [0.25, 0.3) is 5.91 Å². The summed E-state index contributed by atoms with van der Waals surface area (Å²) in [7, 11) is 0. The monoisotopic (exact) mass is 368 g/mol. The summed E-state index contributed by atoms with van der Waals surface area (Å²) >= 11 is 11.9. The van der Waals surface area contributed by atoms with E-state index in [4.69, 9.17) is 38.1 Å². The van der Waals surface area contributed by atoms with Crippen molar-refractivity contribution in [3.8, 4) is 5.75 Å². The lowest BCUT2D eigenvalue weighted by molar-refractivity contribution is 0.0537. The van der Waals surface area contributed by atoms with Crippen molar-refractivity contribution in [2.45, 2.75) is 25.5 Å². The number of nitrogens with zero attached hydrogens (tertiary/aromatic N) is 1. The molecule has 0 saturated carbocycles. The molecule has 2 N–H and O–H groups in total. The van der Waals surface area contributed by atoms with Crippen molar-refractivity contribution in [1.29, 1.82) is 0 Å². The molecule has 0 radical (unpaired) electrons. The number of ether oxygens (including phenoxy) is 1. The molecule has 24 heavy (non-hydrogen) atoms. The summed E-state index contributed by atoms with van der Waals surface area (Å²) < 4.78 is 11.2. The number of hydrogen-bond acceptors (Lipinski definition) is 4. The molecule has 0 bridgehead atoms. The minimum Gasteiger partial charge on any atom is -0.489 e. The summed E-state index contributed by atoms with van der Waals surface area (Å²) in [6.45, 7) is 1.49. The van der Waals surface area contributed by atoms with E-state index in [1.54, 1.807) is 29.2 Å². The van der Waals surface area contributed by atoms with Crippen LogP contribution in [0.3, 0.4) is 0 Å². The van der Waals surface area contributed by atoms with Gasteiger partial charge < -0.3 is 19.8 Å². The summed E-state index contributed by atoms with van der Waals surface area (Å²) in [5.74, 6) is 1.18. The van der Waals surface area contributed by atoms with Gasteiger partial charge in [0.1, 0.15) is 23.9 Å². The summed E-state index contributed by atoms with van der Waals surface area (Å²) in [6.07, 6.45) is 3.12. The second-order valence-electron chi connectivity index (χ2n) is 5.71. The standard InChI is InChI=1S/C17H18Cl2N2O3/c18-15-4-3-12(7-16(15)19)24-13-2-1-5-21(9-13)17(22)11-6-14(8-20)23-10-11/h3-4,6-7,10,13H,1-2,5,8-9,20H2. The highest BCUT2D eigenvalue weighted by Crippen LogP contribution is 2.28. The average Bonchev–Trinajstić information content (AvgIpc) is 3.07. The zero-order valence-corrected chi connectivity index (χ0v) is 14.5. The largest absolute Gasteiger partial charge is 0.489 e. The van der Waals surface area contributed by atoms with Gasteiger partial charge in [-0.3, -0.25) is 4.79 Å². The Morgan fingerprint density at radius 2 is 2.17 bits per heavy atom. The third kappa shape index (κ3) is 3.86. The van der Waals surface area contributed by atoms with Crippen LogP contribution in [0, 0.1) is 0 Å². The smallest absolute Gasteiger partial charge is 0.257 e. The van der Waals surface area contributed by atoms with E-state index in [1.165, 1.54) is 6.26 Å². The molecule has 1 unspecified atom stereocenters. The number of furan rings is 1. The Bertz CT molecular complexity index is 732. The van der Waals surface area contributed by atoms with Crippen LogP contribution in [-0.2, 0) is 6.54 Å². The summed E-state index contributed by atoms with van der Waals surface area (Å²) in [4.78, 5) is 14.3. The molecule has 5 nitrogen and oxygen atoms in total. The van der Waals surface area contributed by atoms with E-state index in [2.05, 4.69) is 0 Å². The van der Waals surface area contributed by atoms with Gasteiger partial charge in [0.15, 0.2) is 0 Å². The summed E-state index contributed by atoms with van der Waals surface area (Å²) in [6, 6.07) is 6.85. The first-order valence-electron chi connectivity index (χ1n) is 7.75. The van der Waals surface area contributed by atoms with Crippen molar-refractivity contribution >= 4 is 29.1 Å². The fourth-order valence-electron chi connectivity index (χ4n) is 2.74. The predicted molar refractivity (Wildman–Crippen MR) is 92.6 cm³/mol. The van der Waals surface area contributed by atoms with Gasteiger partial charge in [0.2, 0.25) is 0 Å². The van der Waals surface area contributed by atoms with Crippen molar-refractivity contribution in [2.24, 2.45) is 5.73 Å². The minimum absolute atomic E-state index is 0.0686. The Morgan fingerprint density at radius 3 is 2.88 bits per heavy atom. The summed E-state index contributed by atoms with van der Waals surface area (Å²) in [5.41, 5.74) is 6.03. The average molecular weight is 369 g/mol. The lowest BCUT2D eigenvalue weighted by atomic mass is 10.1. The Labute approximate surface area is 150 Å². The van der Waals surface area contributed by atoms with Crippen LogP contribution < -0.4 is 10.5 Å². The van der Waals surface area contributed by atoms with Crippen LogP contribution in [0.4, 0.5) is 0 Å². The van der Waals surface area contributed by atoms with Crippen molar-refractivity contribution in [3.63, 3.8) is 0 Å². The van der Waals surface area contributed by atoms with Crippen LogP contribution in [0.5, 0.6) is 5.75 Å². The number of benzene rings is 1. The lowest BCUT2D eigenvalue weighted by Gasteiger charge is -2.32. The van der Waals surface area contributed by atoms with E-state index < -0.39 is 0 Å². The van der Waals surface area contributed by atoms with Crippen molar-refractivity contribution < 1.29 is 13.9 Å². The van der Waals surface area contributed by atoms with Gasteiger partial charge in [-0.25, -0.2) is 0 Å². The fraction of sp³-hybridized carbons (Fsp3) is 0.353. The first kappa shape index (κ1) is 17.1. The number of halogens is 2. The first-order chi connectivity index (χ1) is 11.6.